The van der Waals surface area contributed by atoms with Crippen LogP contribution in [0.2, 0.25) is 9.36 Å². The van der Waals surface area contributed by atoms with E-state index in [4.69, 9.17) is 0 Å². The number of allylic oxidation sites excluding steroid dienone is 2. The second-order valence-electron chi connectivity index (χ2n) is 16.4. The summed E-state index contributed by atoms with van der Waals surface area (Å²) in [5.41, 5.74) is 23.2. The average Bonchev–Trinajstić information content (AvgIpc) is 3.74. The Morgan fingerprint density at radius 1 is 0.442 bits per heavy atom. The van der Waals surface area contributed by atoms with E-state index in [2.05, 4.69) is 183 Å². The minimum atomic E-state index is -3.34. The Labute approximate surface area is 315 Å². The first kappa shape index (κ1) is 33.5. The molecule has 0 N–H and O–H groups in total. The summed E-state index contributed by atoms with van der Waals surface area (Å²) in [7, 11) is 0. The van der Waals surface area contributed by atoms with Crippen molar-refractivity contribution >= 4 is 12.2 Å². The molecule has 1 aliphatic heterocycles. The first-order valence-corrected chi connectivity index (χ1v) is 30.4. The van der Waals surface area contributed by atoms with Crippen molar-refractivity contribution in [1.82, 2.24) is 0 Å². The molecule has 1 saturated heterocycles. The Bertz CT molecular complexity index is 2210. The van der Waals surface area contributed by atoms with Crippen LogP contribution in [-0.4, -0.2) is 0 Å². The van der Waals surface area contributed by atoms with Crippen LogP contribution in [0.5, 0.6) is 0 Å². The van der Waals surface area contributed by atoms with Gasteiger partial charge in [0.05, 0.1) is 0 Å². The van der Waals surface area contributed by atoms with Gasteiger partial charge >= 0.3 is 317 Å². The molecule has 0 amide bonds. The van der Waals surface area contributed by atoms with Crippen LogP contribution in [0.1, 0.15) is 63.0 Å². The molecule has 256 valence electrons. The predicted molar refractivity (Wildman–Crippen MR) is 219 cm³/mol. The van der Waals surface area contributed by atoms with Crippen molar-refractivity contribution in [1.29, 1.82) is 0 Å². The van der Waals surface area contributed by atoms with E-state index in [-0.39, 0.29) is 5.41 Å². The van der Waals surface area contributed by atoms with Gasteiger partial charge in [-0.2, -0.15) is 0 Å². The zero-order valence-corrected chi connectivity index (χ0v) is 35.0. The molecule has 0 nitrogen and oxygen atoms in total. The van der Waals surface area contributed by atoms with Gasteiger partial charge in [-0.1, -0.05) is 0 Å². The van der Waals surface area contributed by atoms with Crippen molar-refractivity contribution < 1.29 is 20.0 Å². The van der Waals surface area contributed by atoms with Crippen LogP contribution in [0.15, 0.2) is 145 Å². The zero-order valence-electron chi connectivity index (χ0n) is 31.4. The Kier molecular flexibility index (Phi) is 8.16. The summed E-state index contributed by atoms with van der Waals surface area (Å²) in [6.45, 7) is 9.15. The molecule has 6 aromatic carbocycles. The van der Waals surface area contributed by atoms with Crippen molar-refractivity contribution in [2.75, 3.05) is 0 Å². The van der Waals surface area contributed by atoms with Gasteiger partial charge in [-0.3, -0.25) is 0 Å². The summed E-state index contributed by atoms with van der Waals surface area (Å²) in [5.74, 6) is 0. The number of fused-ring (bicyclic) bond motifs is 6. The Balaban J connectivity index is 1.37. The van der Waals surface area contributed by atoms with Crippen LogP contribution in [0.25, 0.3) is 34.4 Å². The fourth-order valence-electron chi connectivity index (χ4n) is 10.8. The molecule has 0 radical (unpaired) electrons. The molecule has 2 unspecified atom stereocenters. The molecule has 0 saturated carbocycles. The van der Waals surface area contributed by atoms with Gasteiger partial charge in [-0.15, -0.1) is 0 Å². The summed E-state index contributed by atoms with van der Waals surface area (Å²) in [5, 5.41) is 0. The second-order valence-corrected chi connectivity index (χ2v) is 33.7. The average molecular weight is 839 g/mol. The van der Waals surface area contributed by atoms with Crippen LogP contribution in [-0.2, 0) is 32.8 Å². The first-order chi connectivity index (χ1) is 25.2. The third kappa shape index (κ3) is 5.10. The van der Waals surface area contributed by atoms with Crippen LogP contribution in [0, 0.1) is 33.1 Å². The molecule has 1 heterocycles. The fraction of sp³-hybridized carbons (Fsp3) is 0.216. The van der Waals surface area contributed by atoms with Crippen LogP contribution in [0.3, 0.4) is 0 Å². The third-order valence-corrected chi connectivity index (χ3v) is 28.1. The number of rotatable bonds is 6. The van der Waals surface area contributed by atoms with Crippen molar-refractivity contribution in [3.8, 4) is 22.3 Å². The molecule has 2 atom stereocenters. The van der Waals surface area contributed by atoms with Crippen molar-refractivity contribution in [2.24, 2.45) is 5.41 Å². The monoisotopic (exact) mass is 840 g/mol. The van der Waals surface area contributed by atoms with Crippen molar-refractivity contribution in [2.45, 2.75) is 57.2 Å². The normalized spacial score (nSPS) is 18.9. The maximum absolute atomic E-state index is 3.34. The SMILES string of the molecule is Cc1cccc(C)c1-c1cccc2c1C=C1[CH]2[Hf]([CH3])([CH3])[CH]2C(=Cc3c(-c4c(C)cccc4C)cccc32)C1(Cc1ccccc1)Cc1ccccc1. The second kappa shape index (κ2) is 12.7. The Morgan fingerprint density at radius 2 is 0.808 bits per heavy atom. The molecule has 6 aromatic rings. The predicted octanol–water partition coefficient (Wildman–Crippen LogP) is 13.6. The zero-order chi connectivity index (χ0) is 35.8. The van der Waals surface area contributed by atoms with Gasteiger partial charge in [-0.25, -0.2) is 0 Å². The Morgan fingerprint density at radius 3 is 1.19 bits per heavy atom. The van der Waals surface area contributed by atoms with Crippen LogP contribution < -0.4 is 0 Å². The fourth-order valence-corrected chi connectivity index (χ4v) is 28.0. The number of aryl methyl sites for hydroxylation is 4. The molecule has 9 rings (SSSR count). The molecule has 0 bridgehead atoms. The van der Waals surface area contributed by atoms with Crippen LogP contribution in [0.4, 0.5) is 0 Å². The molecule has 1 fully saturated rings. The van der Waals surface area contributed by atoms with Gasteiger partial charge in [0.25, 0.3) is 0 Å². The van der Waals surface area contributed by atoms with Gasteiger partial charge in [0.1, 0.15) is 0 Å². The summed E-state index contributed by atoms with van der Waals surface area (Å²) >= 11 is -3.34. The van der Waals surface area contributed by atoms with E-state index in [1.807, 2.05) is 0 Å². The third-order valence-electron chi connectivity index (χ3n) is 12.9. The van der Waals surface area contributed by atoms with E-state index in [1.54, 1.807) is 22.3 Å². The standard InChI is InChI=1S/C49H42.2CH3.Hf/c1-33-15-11-16-34(2)47(33)43-25-13-23-39-27-41(29-45(39)43)49(31-37-19-7-5-8-20-37,32-38-21-9-6-10-22-38)42-28-40-24-14-26-44(46(40)30-42)48-35(3)17-12-18-36(48)4;;;/h5-30H,31-32H2,1-4H3;2*1H3;. The van der Waals surface area contributed by atoms with E-state index in [9.17, 15) is 0 Å². The van der Waals surface area contributed by atoms with E-state index in [0.29, 0.717) is 7.35 Å². The topological polar surface area (TPSA) is 0 Å². The molecule has 2 aliphatic carbocycles. The van der Waals surface area contributed by atoms with Gasteiger partial charge in [0, 0.05) is 0 Å². The maximum atomic E-state index is 2.79. The number of benzene rings is 6. The molecule has 1 heteroatoms. The summed E-state index contributed by atoms with van der Waals surface area (Å²) in [6.07, 6.45) is 7.44. The van der Waals surface area contributed by atoms with E-state index in [1.165, 1.54) is 66.8 Å². The summed E-state index contributed by atoms with van der Waals surface area (Å²) in [4.78, 5) is 0. The summed E-state index contributed by atoms with van der Waals surface area (Å²) in [6, 6.07) is 50.9. The van der Waals surface area contributed by atoms with E-state index < -0.39 is 20.0 Å². The van der Waals surface area contributed by atoms with E-state index in [0.717, 1.165) is 12.8 Å². The molecule has 0 spiro atoms. The first-order valence-electron chi connectivity index (χ1n) is 19.1. The molecular formula is C51H48Hf. The van der Waals surface area contributed by atoms with Gasteiger partial charge < -0.3 is 0 Å². The van der Waals surface area contributed by atoms with Crippen molar-refractivity contribution in [3.05, 3.63) is 200 Å². The molecule has 52 heavy (non-hydrogen) atoms. The van der Waals surface area contributed by atoms with Crippen LogP contribution >= 0.6 is 0 Å². The Hall–Kier alpha value is -4.33. The molecule has 3 aliphatic rings. The van der Waals surface area contributed by atoms with Gasteiger partial charge in [0.15, 0.2) is 0 Å². The van der Waals surface area contributed by atoms with Gasteiger partial charge in [-0.05, 0) is 0 Å². The minimum absolute atomic E-state index is 0.165. The summed E-state index contributed by atoms with van der Waals surface area (Å²) < 4.78 is 6.58. The molecular weight excluding hydrogens is 791 g/mol. The quantitative estimate of drug-likeness (QED) is 0.147. The van der Waals surface area contributed by atoms with Crippen molar-refractivity contribution in [3.63, 3.8) is 0 Å². The molecule has 0 aromatic heterocycles. The van der Waals surface area contributed by atoms with E-state index >= 15 is 0 Å². The van der Waals surface area contributed by atoms with Gasteiger partial charge in [0.2, 0.25) is 0 Å². The number of hydrogen-bond acceptors (Lipinski definition) is 0. The number of hydrogen-bond donors (Lipinski definition) is 0.